The molecular weight excluding hydrogens is 303 g/mol. The average molecular weight is 329 g/mol. The minimum Gasteiger partial charge on any atom is -0.341 e. The number of hydrogen-bond acceptors (Lipinski definition) is 2. The third-order valence-corrected chi connectivity index (χ3v) is 4.40. The molecule has 1 fully saturated rings. The van der Waals surface area contributed by atoms with E-state index in [9.17, 15) is 9.18 Å². The Hall–Kier alpha value is -1.13. The van der Waals surface area contributed by atoms with Gasteiger partial charge < -0.3 is 10.2 Å². The van der Waals surface area contributed by atoms with Crippen LogP contribution in [0.25, 0.3) is 0 Å². The molecule has 124 valence electrons. The van der Waals surface area contributed by atoms with Crippen LogP contribution in [0.1, 0.15) is 31.7 Å². The standard InChI is InChI=1S/C17H25FN2O.ClH/c1-13(15-4-3-9-19-11-15)10-17(21)20(2)12-14-5-7-16(18)8-6-14;/h5-8,13,15,19H,3-4,9-12H2,1-2H3;1H. The monoisotopic (exact) mass is 328 g/mol. The van der Waals surface area contributed by atoms with Crippen molar-refractivity contribution in [2.75, 3.05) is 20.1 Å². The van der Waals surface area contributed by atoms with Crippen LogP contribution in [0.5, 0.6) is 0 Å². The first-order valence-electron chi connectivity index (χ1n) is 7.75. The number of carbonyl (C=O) groups excluding carboxylic acids is 1. The first kappa shape index (κ1) is 18.9. The lowest BCUT2D eigenvalue weighted by atomic mass is 9.85. The summed E-state index contributed by atoms with van der Waals surface area (Å²) < 4.78 is 12.9. The van der Waals surface area contributed by atoms with Gasteiger partial charge in [-0.2, -0.15) is 0 Å². The third kappa shape index (κ3) is 5.58. The molecule has 0 bridgehead atoms. The first-order chi connectivity index (χ1) is 10.1. The Kier molecular flexibility index (Phi) is 7.83. The van der Waals surface area contributed by atoms with E-state index >= 15 is 0 Å². The zero-order chi connectivity index (χ0) is 15.2. The normalized spacial score (nSPS) is 19.1. The molecule has 1 heterocycles. The average Bonchev–Trinajstić information content (AvgIpc) is 2.50. The molecule has 2 atom stereocenters. The molecule has 0 spiro atoms. The fourth-order valence-electron chi connectivity index (χ4n) is 2.91. The van der Waals surface area contributed by atoms with E-state index < -0.39 is 0 Å². The molecular formula is C17H26ClFN2O. The summed E-state index contributed by atoms with van der Waals surface area (Å²) in [6, 6.07) is 6.33. The number of hydrogen-bond donors (Lipinski definition) is 1. The lowest BCUT2D eigenvalue weighted by Crippen LogP contribution is -2.36. The maximum Gasteiger partial charge on any atom is 0.222 e. The van der Waals surface area contributed by atoms with E-state index in [1.165, 1.54) is 25.0 Å². The molecule has 0 aliphatic carbocycles. The number of halogens is 2. The van der Waals surface area contributed by atoms with Crippen LogP contribution in [0.15, 0.2) is 24.3 Å². The van der Waals surface area contributed by atoms with Gasteiger partial charge in [-0.3, -0.25) is 4.79 Å². The molecule has 5 heteroatoms. The molecule has 2 unspecified atom stereocenters. The minimum atomic E-state index is -0.244. The Labute approximate surface area is 138 Å². The molecule has 1 saturated heterocycles. The summed E-state index contributed by atoms with van der Waals surface area (Å²) >= 11 is 0. The molecule has 22 heavy (non-hydrogen) atoms. The lowest BCUT2D eigenvalue weighted by molar-refractivity contribution is -0.131. The second-order valence-corrected chi connectivity index (χ2v) is 6.16. The molecule has 1 N–H and O–H groups in total. The summed E-state index contributed by atoms with van der Waals surface area (Å²) in [5.74, 6) is 0.923. The van der Waals surface area contributed by atoms with Crippen LogP contribution in [0, 0.1) is 17.7 Å². The Morgan fingerprint density at radius 2 is 2.09 bits per heavy atom. The summed E-state index contributed by atoms with van der Waals surface area (Å²) in [5, 5.41) is 3.40. The van der Waals surface area contributed by atoms with Crippen molar-refractivity contribution in [3.8, 4) is 0 Å². The Balaban J connectivity index is 0.00000242. The van der Waals surface area contributed by atoms with Gasteiger partial charge in [-0.05, 0) is 55.5 Å². The van der Waals surface area contributed by atoms with Crippen LogP contribution in [-0.4, -0.2) is 30.9 Å². The van der Waals surface area contributed by atoms with Crippen LogP contribution < -0.4 is 5.32 Å². The van der Waals surface area contributed by atoms with Gasteiger partial charge >= 0.3 is 0 Å². The second kappa shape index (κ2) is 9.11. The molecule has 1 aromatic rings. The Bertz CT molecular complexity index is 460. The van der Waals surface area contributed by atoms with E-state index in [2.05, 4.69) is 12.2 Å². The van der Waals surface area contributed by atoms with Crippen molar-refractivity contribution in [2.24, 2.45) is 11.8 Å². The van der Waals surface area contributed by atoms with Crippen LogP contribution in [-0.2, 0) is 11.3 Å². The van der Waals surface area contributed by atoms with Gasteiger partial charge in [0.15, 0.2) is 0 Å². The zero-order valence-corrected chi connectivity index (χ0v) is 14.2. The number of piperidine rings is 1. The summed E-state index contributed by atoms with van der Waals surface area (Å²) in [6.45, 7) is 4.83. The number of rotatable bonds is 5. The number of nitrogens with zero attached hydrogens (tertiary/aromatic N) is 1. The highest BCUT2D eigenvalue weighted by molar-refractivity contribution is 5.85. The van der Waals surface area contributed by atoms with E-state index in [0.717, 1.165) is 18.7 Å². The topological polar surface area (TPSA) is 32.3 Å². The van der Waals surface area contributed by atoms with Gasteiger partial charge in [-0.15, -0.1) is 12.4 Å². The van der Waals surface area contributed by atoms with Gasteiger partial charge in [0.25, 0.3) is 0 Å². The molecule has 0 aromatic heterocycles. The maximum atomic E-state index is 12.9. The van der Waals surface area contributed by atoms with Gasteiger partial charge in [-0.25, -0.2) is 4.39 Å². The highest BCUT2D eigenvalue weighted by Gasteiger charge is 2.23. The van der Waals surface area contributed by atoms with Crippen molar-refractivity contribution in [3.05, 3.63) is 35.6 Å². The lowest BCUT2D eigenvalue weighted by Gasteiger charge is -2.29. The second-order valence-electron chi connectivity index (χ2n) is 6.16. The van der Waals surface area contributed by atoms with Crippen LogP contribution >= 0.6 is 12.4 Å². The fraction of sp³-hybridized carbons (Fsp3) is 0.588. The number of amides is 1. The van der Waals surface area contributed by atoms with E-state index in [-0.39, 0.29) is 24.1 Å². The fourth-order valence-corrected chi connectivity index (χ4v) is 2.91. The summed E-state index contributed by atoms with van der Waals surface area (Å²) in [4.78, 5) is 14.0. The van der Waals surface area contributed by atoms with Crippen molar-refractivity contribution in [1.29, 1.82) is 0 Å². The molecule has 2 rings (SSSR count). The predicted molar refractivity (Wildman–Crippen MR) is 89.5 cm³/mol. The van der Waals surface area contributed by atoms with Crippen LogP contribution in [0.2, 0.25) is 0 Å². The van der Waals surface area contributed by atoms with E-state index in [0.29, 0.717) is 24.8 Å². The minimum absolute atomic E-state index is 0. The smallest absolute Gasteiger partial charge is 0.222 e. The van der Waals surface area contributed by atoms with Gasteiger partial charge in [0.2, 0.25) is 5.91 Å². The summed E-state index contributed by atoms with van der Waals surface area (Å²) in [6.07, 6.45) is 3.00. The van der Waals surface area contributed by atoms with Crippen LogP contribution in [0.4, 0.5) is 4.39 Å². The van der Waals surface area contributed by atoms with Gasteiger partial charge in [0, 0.05) is 20.0 Å². The number of carbonyl (C=O) groups is 1. The largest absolute Gasteiger partial charge is 0.341 e. The van der Waals surface area contributed by atoms with Gasteiger partial charge in [-0.1, -0.05) is 19.1 Å². The third-order valence-electron chi connectivity index (χ3n) is 4.40. The molecule has 1 amide bonds. The van der Waals surface area contributed by atoms with E-state index in [1.807, 2.05) is 7.05 Å². The van der Waals surface area contributed by atoms with E-state index in [4.69, 9.17) is 0 Å². The van der Waals surface area contributed by atoms with Crippen molar-refractivity contribution >= 4 is 18.3 Å². The van der Waals surface area contributed by atoms with E-state index in [1.54, 1.807) is 17.0 Å². The highest BCUT2D eigenvalue weighted by atomic mass is 35.5. The first-order valence-corrected chi connectivity index (χ1v) is 7.75. The Morgan fingerprint density at radius 1 is 1.41 bits per heavy atom. The number of nitrogens with one attached hydrogen (secondary N) is 1. The summed E-state index contributed by atoms with van der Waals surface area (Å²) in [5.41, 5.74) is 0.958. The molecule has 0 saturated carbocycles. The van der Waals surface area contributed by atoms with Crippen molar-refractivity contribution in [3.63, 3.8) is 0 Å². The SMILES string of the molecule is CC(CC(=O)N(C)Cc1ccc(F)cc1)C1CCCNC1.Cl. The van der Waals surface area contributed by atoms with Gasteiger partial charge in [0.05, 0.1) is 0 Å². The highest BCUT2D eigenvalue weighted by Crippen LogP contribution is 2.23. The zero-order valence-electron chi connectivity index (χ0n) is 13.3. The predicted octanol–water partition coefficient (Wildman–Crippen LogP) is 3.23. The van der Waals surface area contributed by atoms with Crippen molar-refractivity contribution < 1.29 is 9.18 Å². The number of benzene rings is 1. The van der Waals surface area contributed by atoms with Gasteiger partial charge in [0.1, 0.15) is 5.82 Å². The van der Waals surface area contributed by atoms with Crippen molar-refractivity contribution in [1.82, 2.24) is 10.2 Å². The summed E-state index contributed by atoms with van der Waals surface area (Å²) in [7, 11) is 1.82. The molecule has 3 nitrogen and oxygen atoms in total. The molecule has 0 radical (unpaired) electrons. The maximum absolute atomic E-state index is 12.9. The molecule has 1 aliphatic heterocycles. The van der Waals surface area contributed by atoms with Crippen LogP contribution in [0.3, 0.4) is 0 Å². The van der Waals surface area contributed by atoms with Crippen molar-refractivity contribution in [2.45, 2.75) is 32.7 Å². The quantitative estimate of drug-likeness (QED) is 0.900. The Morgan fingerprint density at radius 3 is 2.68 bits per heavy atom. The molecule has 1 aromatic carbocycles. The molecule has 1 aliphatic rings.